The van der Waals surface area contributed by atoms with Gasteiger partial charge in [0.25, 0.3) is 11.6 Å². The lowest BCUT2D eigenvalue weighted by Crippen LogP contribution is -2.44. The van der Waals surface area contributed by atoms with Gasteiger partial charge in [-0.15, -0.1) is 0 Å². The number of nitro benzene ring substituents is 1. The summed E-state index contributed by atoms with van der Waals surface area (Å²) in [6.07, 6.45) is -2.84. The molecule has 0 atom stereocenters. The molecule has 0 radical (unpaired) electrons. The van der Waals surface area contributed by atoms with Crippen LogP contribution >= 0.6 is 0 Å². The maximum atomic E-state index is 13.8. The summed E-state index contributed by atoms with van der Waals surface area (Å²) in [5.41, 5.74) is -0.820. The lowest BCUT2D eigenvalue weighted by molar-refractivity contribution is -0.384. The standard InChI is InChI=1S/C23H26F3N5O3/c1-28-10-12-29(13-11-28)17-5-6-19(18(15-17)23(24,25)26)27-22(32)16-4-7-20(21(14-16)31(33)34)30-8-2-3-9-30/h4-7,14-15H,2-3,8-13H2,1H3,(H,27,32). The number of carbonyl (C=O) groups excluding carboxylic acids is 1. The van der Waals surface area contributed by atoms with Crippen LogP contribution < -0.4 is 15.1 Å². The number of nitro groups is 1. The molecule has 4 rings (SSSR count). The number of halogens is 3. The van der Waals surface area contributed by atoms with E-state index in [9.17, 15) is 28.1 Å². The van der Waals surface area contributed by atoms with Gasteiger partial charge in [0, 0.05) is 56.6 Å². The number of alkyl halides is 3. The second kappa shape index (κ2) is 9.49. The Hall–Kier alpha value is -3.34. The summed E-state index contributed by atoms with van der Waals surface area (Å²) < 4.78 is 41.5. The minimum Gasteiger partial charge on any atom is -0.369 e. The molecule has 0 unspecified atom stereocenters. The van der Waals surface area contributed by atoms with E-state index < -0.39 is 22.6 Å². The third-order valence-electron chi connectivity index (χ3n) is 6.31. The van der Waals surface area contributed by atoms with Crippen molar-refractivity contribution >= 4 is 28.7 Å². The molecule has 2 heterocycles. The molecule has 1 amide bonds. The Balaban J connectivity index is 1.59. The van der Waals surface area contributed by atoms with Crippen molar-refractivity contribution in [1.29, 1.82) is 0 Å². The van der Waals surface area contributed by atoms with Crippen LogP contribution in [0.15, 0.2) is 36.4 Å². The molecule has 11 heteroatoms. The number of rotatable bonds is 5. The van der Waals surface area contributed by atoms with Crippen LogP contribution in [0, 0.1) is 10.1 Å². The van der Waals surface area contributed by atoms with Crippen molar-refractivity contribution in [2.45, 2.75) is 19.0 Å². The predicted molar refractivity (Wildman–Crippen MR) is 124 cm³/mol. The number of piperazine rings is 1. The van der Waals surface area contributed by atoms with E-state index in [0.29, 0.717) is 37.6 Å². The van der Waals surface area contributed by atoms with Gasteiger partial charge in [-0.25, -0.2) is 0 Å². The van der Waals surface area contributed by atoms with Crippen LogP contribution in [0.2, 0.25) is 0 Å². The lowest BCUT2D eigenvalue weighted by Gasteiger charge is -2.34. The minimum atomic E-state index is -4.68. The average molecular weight is 477 g/mol. The molecule has 2 aromatic carbocycles. The fourth-order valence-corrected chi connectivity index (χ4v) is 4.37. The van der Waals surface area contributed by atoms with Gasteiger partial charge < -0.3 is 20.0 Å². The third-order valence-corrected chi connectivity index (χ3v) is 6.31. The Bertz CT molecular complexity index is 1080. The Kier molecular flexibility index (Phi) is 6.65. The number of nitrogens with zero attached hydrogens (tertiary/aromatic N) is 4. The van der Waals surface area contributed by atoms with Gasteiger partial charge in [0.05, 0.1) is 16.2 Å². The smallest absolute Gasteiger partial charge is 0.369 e. The van der Waals surface area contributed by atoms with Gasteiger partial charge in [-0.3, -0.25) is 14.9 Å². The van der Waals surface area contributed by atoms with Crippen molar-refractivity contribution in [3.05, 3.63) is 57.6 Å². The first-order chi connectivity index (χ1) is 16.1. The SMILES string of the molecule is CN1CCN(c2ccc(NC(=O)c3ccc(N4CCCC4)c([N+](=O)[O-])c3)c(C(F)(F)F)c2)CC1. The van der Waals surface area contributed by atoms with Gasteiger partial charge >= 0.3 is 6.18 Å². The van der Waals surface area contributed by atoms with E-state index in [4.69, 9.17) is 0 Å². The zero-order chi connectivity index (χ0) is 24.5. The number of anilines is 3. The first kappa shape index (κ1) is 23.8. The Morgan fingerprint density at radius 2 is 1.65 bits per heavy atom. The quantitative estimate of drug-likeness (QED) is 0.513. The number of amides is 1. The molecule has 34 heavy (non-hydrogen) atoms. The number of likely N-dealkylation sites (N-methyl/N-ethyl adjacent to an activating group) is 1. The highest BCUT2D eigenvalue weighted by Crippen LogP contribution is 2.38. The number of carbonyl (C=O) groups is 1. The highest BCUT2D eigenvalue weighted by Gasteiger charge is 2.35. The van der Waals surface area contributed by atoms with E-state index in [1.54, 1.807) is 6.07 Å². The molecular weight excluding hydrogens is 451 g/mol. The van der Waals surface area contributed by atoms with Crippen LogP contribution in [0.5, 0.6) is 0 Å². The van der Waals surface area contributed by atoms with Gasteiger partial charge in [-0.2, -0.15) is 13.2 Å². The van der Waals surface area contributed by atoms with Gasteiger partial charge in [0.2, 0.25) is 0 Å². The topological polar surface area (TPSA) is 82.0 Å². The Morgan fingerprint density at radius 3 is 2.26 bits per heavy atom. The summed E-state index contributed by atoms with van der Waals surface area (Å²) >= 11 is 0. The fourth-order valence-electron chi connectivity index (χ4n) is 4.37. The van der Waals surface area contributed by atoms with Crippen LogP contribution in [0.1, 0.15) is 28.8 Å². The molecule has 0 aliphatic carbocycles. The number of nitrogens with one attached hydrogen (secondary N) is 1. The Morgan fingerprint density at radius 1 is 0.971 bits per heavy atom. The molecule has 0 spiro atoms. The summed E-state index contributed by atoms with van der Waals surface area (Å²) in [7, 11) is 1.96. The summed E-state index contributed by atoms with van der Waals surface area (Å²) in [6, 6.07) is 7.84. The van der Waals surface area contributed by atoms with Gasteiger partial charge in [0.15, 0.2) is 0 Å². The second-order valence-electron chi connectivity index (χ2n) is 8.63. The summed E-state index contributed by atoms with van der Waals surface area (Å²) in [5.74, 6) is -0.839. The van der Waals surface area contributed by atoms with E-state index in [1.807, 2.05) is 16.8 Å². The van der Waals surface area contributed by atoms with Gasteiger partial charge in [-0.05, 0) is 50.2 Å². The monoisotopic (exact) mass is 477 g/mol. The van der Waals surface area contributed by atoms with E-state index in [1.165, 1.54) is 18.2 Å². The third kappa shape index (κ3) is 5.09. The first-order valence-electron chi connectivity index (χ1n) is 11.1. The summed E-state index contributed by atoms with van der Waals surface area (Å²) in [6.45, 7) is 4.05. The molecule has 1 N–H and O–H groups in total. The zero-order valence-electron chi connectivity index (χ0n) is 18.8. The zero-order valence-corrected chi connectivity index (χ0v) is 18.8. The molecule has 2 aliphatic heterocycles. The average Bonchev–Trinajstić information content (AvgIpc) is 3.33. The molecule has 2 fully saturated rings. The van der Waals surface area contributed by atoms with Crippen molar-refractivity contribution in [3.63, 3.8) is 0 Å². The van der Waals surface area contributed by atoms with Crippen LogP contribution in [-0.4, -0.2) is 62.0 Å². The molecule has 2 aromatic rings. The maximum Gasteiger partial charge on any atom is 0.418 e. The van der Waals surface area contributed by atoms with Crippen LogP contribution in [0.3, 0.4) is 0 Å². The van der Waals surface area contributed by atoms with Crippen LogP contribution in [0.4, 0.5) is 35.9 Å². The number of hydrogen-bond acceptors (Lipinski definition) is 6. The normalized spacial score (nSPS) is 17.2. The van der Waals surface area contributed by atoms with Gasteiger partial charge in [0.1, 0.15) is 5.69 Å². The molecule has 0 saturated carbocycles. The van der Waals surface area contributed by atoms with Crippen molar-refractivity contribution in [2.75, 3.05) is 61.4 Å². The highest BCUT2D eigenvalue weighted by molar-refractivity contribution is 6.05. The molecule has 8 nitrogen and oxygen atoms in total. The van der Waals surface area contributed by atoms with Crippen LogP contribution in [-0.2, 0) is 6.18 Å². The van der Waals surface area contributed by atoms with Gasteiger partial charge in [-0.1, -0.05) is 0 Å². The van der Waals surface area contributed by atoms with Crippen molar-refractivity contribution < 1.29 is 22.9 Å². The van der Waals surface area contributed by atoms with E-state index in [2.05, 4.69) is 10.2 Å². The molecule has 2 aliphatic rings. The number of hydrogen-bond donors (Lipinski definition) is 1. The van der Waals surface area contributed by atoms with Crippen molar-refractivity contribution in [1.82, 2.24) is 4.90 Å². The number of benzene rings is 2. The fraction of sp³-hybridized carbons (Fsp3) is 0.435. The Labute approximate surface area is 195 Å². The summed E-state index contributed by atoms with van der Waals surface area (Å²) in [5, 5.41) is 13.9. The first-order valence-corrected chi connectivity index (χ1v) is 11.1. The molecular formula is C23H26F3N5O3. The minimum absolute atomic E-state index is 0.0779. The molecule has 0 aromatic heterocycles. The largest absolute Gasteiger partial charge is 0.418 e. The highest BCUT2D eigenvalue weighted by atomic mass is 19.4. The maximum absolute atomic E-state index is 13.8. The van der Waals surface area contributed by atoms with Crippen molar-refractivity contribution in [2.24, 2.45) is 0 Å². The molecule has 182 valence electrons. The molecule has 2 saturated heterocycles. The van der Waals surface area contributed by atoms with E-state index in [0.717, 1.165) is 38.1 Å². The molecule has 0 bridgehead atoms. The van der Waals surface area contributed by atoms with E-state index >= 15 is 0 Å². The van der Waals surface area contributed by atoms with E-state index in [-0.39, 0.29) is 16.9 Å². The lowest BCUT2D eigenvalue weighted by atomic mass is 10.1. The van der Waals surface area contributed by atoms with Crippen LogP contribution in [0.25, 0.3) is 0 Å². The summed E-state index contributed by atoms with van der Waals surface area (Å²) in [4.78, 5) is 29.7. The second-order valence-corrected chi connectivity index (χ2v) is 8.63. The predicted octanol–water partition coefficient (Wildman–Crippen LogP) is 4.22. The van der Waals surface area contributed by atoms with Crippen molar-refractivity contribution in [3.8, 4) is 0 Å².